The maximum absolute atomic E-state index is 11.9. The van der Waals surface area contributed by atoms with Gasteiger partial charge >= 0.3 is 0 Å². The number of rotatable bonds is 11. The van der Waals surface area contributed by atoms with E-state index in [1.807, 2.05) is 27.7 Å². The minimum Gasteiger partial charge on any atom is -0.378 e. The molecule has 0 aromatic rings. The minimum absolute atomic E-state index is 0.0343. The lowest BCUT2D eigenvalue weighted by atomic mass is 9.84. The Morgan fingerprint density at radius 3 is 2.25 bits per heavy atom. The lowest BCUT2D eigenvalue weighted by molar-refractivity contribution is -0.128. The zero-order valence-electron chi connectivity index (χ0n) is 13.3. The summed E-state index contributed by atoms with van der Waals surface area (Å²) in [6.45, 7) is 9.82. The van der Waals surface area contributed by atoms with E-state index in [9.17, 15) is 4.79 Å². The number of nitrogens with one attached hydrogen (secondary N) is 1. The Kier molecular flexibility index (Phi) is 8.96. The first-order valence-electron chi connectivity index (χ1n) is 7.18. The third kappa shape index (κ3) is 10.1. The predicted octanol–water partition coefficient (Wildman–Crippen LogP) is 0.391. The Morgan fingerprint density at radius 2 is 1.75 bits per heavy atom. The van der Waals surface area contributed by atoms with Gasteiger partial charge in [-0.2, -0.15) is 0 Å². The summed E-state index contributed by atoms with van der Waals surface area (Å²) < 4.78 is 10.4. The van der Waals surface area contributed by atoms with Crippen molar-refractivity contribution >= 4 is 5.91 Å². The fraction of sp³-hybridized carbons (Fsp3) is 0.929. The highest BCUT2D eigenvalue weighted by atomic mass is 16.5. The standard InChI is InChI=1S/C14H31N3O3/c1-5-14(4,11-13(2,3)16)17-12(18)10-20-9-8-19-7-6-15/h5-11,15-16H2,1-4H3,(H,17,18). The second-order valence-electron chi connectivity index (χ2n) is 6.08. The van der Waals surface area contributed by atoms with Crippen molar-refractivity contribution in [1.82, 2.24) is 5.32 Å². The molecule has 1 unspecified atom stereocenters. The van der Waals surface area contributed by atoms with Crippen molar-refractivity contribution in [1.29, 1.82) is 0 Å². The molecule has 5 N–H and O–H groups in total. The molecule has 0 aromatic carbocycles. The molecule has 0 spiro atoms. The summed E-state index contributed by atoms with van der Waals surface area (Å²) in [5.41, 5.74) is 10.7. The zero-order chi connectivity index (χ0) is 15.6. The molecule has 1 atom stereocenters. The van der Waals surface area contributed by atoms with Gasteiger partial charge < -0.3 is 26.3 Å². The number of hydrogen-bond donors (Lipinski definition) is 3. The molecule has 6 nitrogen and oxygen atoms in total. The fourth-order valence-electron chi connectivity index (χ4n) is 2.10. The average molecular weight is 289 g/mol. The van der Waals surface area contributed by atoms with Crippen molar-refractivity contribution in [3.63, 3.8) is 0 Å². The monoisotopic (exact) mass is 289 g/mol. The van der Waals surface area contributed by atoms with Crippen molar-refractivity contribution in [2.75, 3.05) is 33.0 Å². The highest BCUT2D eigenvalue weighted by Crippen LogP contribution is 2.21. The Labute approximate surface area is 122 Å². The lowest BCUT2D eigenvalue weighted by Gasteiger charge is -2.35. The molecular formula is C14H31N3O3. The first kappa shape index (κ1) is 19.3. The number of ether oxygens (including phenoxy) is 2. The summed E-state index contributed by atoms with van der Waals surface area (Å²) in [6.07, 6.45) is 1.53. The molecule has 0 aromatic heterocycles. The normalized spacial score (nSPS) is 14.9. The quantitative estimate of drug-likeness (QED) is 0.478. The molecular weight excluding hydrogens is 258 g/mol. The van der Waals surface area contributed by atoms with E-state index < -0.39 is 0 Å². The Morgan fingerprint density at radius 1 is 1.15 bits per heavy atom. The SMILES string of the molecule is CCC(C)(CC(C)(C)N)NC(=O)COCCOCCN. The van der Waals surface area contributed by atoms with Crippen molar-refractivity contribution in [2.45, 2.75) is 51.6 Å². The number of carbonyl (C=O) groups is 1. The molecule has 0 fully saturated rings. The molecule has 0 heterocycles. The van der Waals surface area contributed by atoms with Gasteiger partial charge in [0.1, 0.15) is 6.61 Å². The van der Waals surface area contributed by atoms with Gasteiger partial charge in [-0.1, -0.05) is 6.92 Å². The Balaban J connectivity index is 3.98. The van der Waals surface area contributed by atoms with E-state index in [-0.39, 0.29) is 23.6 Å². The molecule has 0 aliphatic rings. The van der Waals surface area contributed by atoms with Gasteiger partial charge in [-0.3, -0.25) is 4.79 Å². The molecule has 0 rings (SSSR count). The van der Waals surface area contributed by atoms with Gasteiger partial charge in [0.2, 0.25) is 5.91 Å². The largest absolute Gasteiger partial charge is 0.378 e. The maximum Gasteiger partial charge on any atom is 0.246 e. The number of hydrogen-bond acceptors (Lipinski definition) is 5. The molecule has 0 saturated carbocycles. The smallest absolute Gasteiger partial charge is 0.246 e. The average Bonchev–Trinajstić information content (AvgIpc) is 2.31. The van der Waals surface area contributed by atoms with E-state index in [1.165, 1.54) is 0 Å². The second kappa shape index (κ2) is 9.28. The summed E-state index contributed by atoms with van der Waals surface area (Å²) in [4.78, 5) is 11.9. The molecule has 0 saturated heterocycles. The number of amides is 1. The van der Waals surface area contributed by atoms with Crippen LogP contribution in [-0.2, 0) is 14.3 Å². The molecule has 1 amide bonds. The first-order valence-corrected chi connectivity index (χ1v) is 7.18. The first-order chi connectivity index (χ1) is 9.22. The van der Waals surface area contributed by atoms with Crippen molar-refractivity contribution in [3.05, 3.63) is 0 Å². The van der Waals surface area contributed by atoms with E-state index >= 15 is 0 Å². The van der Waals surface area contributed by atoms with Crippen molar-refractivity contribution < 1.29 is 14.3 Å². The van der Waals surface area contributed by atoms with Crippen LogP contribution in [0.1, 0.15) is 40.5 Å². The third-order valence-electron chi connectivity index (χ3n) is 2.93. The van der Waals surface area contributed by atoms with Crippen molar-refractivity contribution in [3.8, 4) is 0 Å². The van der Waals surface area contributed by atoms with Gasteiger partial charge in [0.05, 0.1) is 19.8 Å². The summed E-state index contributed by atoms with van der Waals surface area (Å²) in [6, 6.07) is 0. The fourth-order valence-corrected chi connectivity index (χ4v) is 2.10. The predicted molar refractivity (Wildman–Crippen MR) is 80.4 cm³/mol. The van der Waals surface area contributed by atoms with Crippen LogP contribution < -0.4 is 16.8 Å². The lowest BCUT2D eigenvalue weighted by Crippen LogP contribution is -2.53. The molecule has 0 aliphatic carbocycles. The van der Waals surface area contributed by atoms with E-state index in [0.29, 0.717) is 32.8 Å². The second-order valence-corrected chi connectivity index (χ2v) is 6.08. The van der Waals surface area contributed by atoms with Crippen LogP contribution in [0, 0.1) is 0 Å². The van der Waals surface area contributed by atoms with Gasteiger partial charge in [-0.05, 0) is 33.6 Å². The molecule has 0 bridgehead atoms. The van der Waals surface area contributed by atoms with Crippen LogP contribution in [-0.4, -0.2) is 50.0 Å². The van der Waals surface area contributed by atoms with Crippen LogP contribution in [0.2, 0.25) is 0 Å². The van der Waals surface area contributed by atoms with Crippen LogP contribution in [0.5, 0.6) is 0 Å². The molecule has 6 heteroatoms. The Hall–Kier alpha value is -0.690. The summed E-state index contributed by atoms with van der Waals surface area (Å²) in [5, 5.41) is 3.00. The molecule has 120 valence electrons. The number of nitrogens with two attached hydrogens (primary N) is 2. The highest BCUT2D eigenvalue weighted by molar-refractivity contribution is 5.78. The van der Waals surface area contributed by atoms with Crippen LogP contribution in [0.4, 0.5) is 0 Å². The summed E-state index contributed by atoms with van der Waals surface area (Å²) in [5.74, 6) is -0.127. The van der Waals surface area contributed by atoms with Crippen LogP contribution in [0.25, 0.3) is 0 Å². The van der Waals surface area contributed by atoms with Crippen LogP contribution in [0.3, 0.4) is 0 Å². The topological polar surface area (TPSA) is 99.6 Å². The van der Waals surface area contributed by atoms with E-state index in [0.717, 1.165) is 6.42 Å². The van der Waals surface area contributed by atoms with Gasteiger partial charge in [-0.25, -0.2) is 0 Å². The minimum atomic E-state index is -0.324. The molecule has 0 aliphatic heterocycles. The van der Waals surface area contributed by atoms with Gasteiger partial charge in [0, 0.05) is 17.6 Å². The summed E-state index contributed by atoms with van der Waals surface area (Å²) in [7, 11) is 0. The van der Waals surface area contributed by atoms with Crippen molar-refractivity contribution in [2.24, 2.45) is 11.5 Å². The maximum atomic E-state index is 11.9. The van der Waals surface area contributed by atoms with E-state index in [4.69, 9.17) is 20.9 Å². The zero-order valence-corrected chi connectivity index (χ0v) is 13.3. The van der Waals surface area contributed by atoms with Gasteiger partial charge in [-0.15, -0.1) is 0 Å². The highest BCUT2D eigenvalue weighted by Gasteiger charge is 2.30. The molecule has 0 radical (unpaired) electrons. The molecule has 20 heavy (non-hydrogen) atoms. The van der Waals surface area contributed by atoms with Crippen LogP contribution in [0.15, 0.2) is 0 Å². The van der Waals surface area contributed by atoms with E-state index in [2.05, 4.69) is 5.32 Å². The van der Waals surface area contributed by atoms with Gasteiger partial charge in [0.15, 0.2) is 0 Å². The summed E-state index contributed by atoms with van der Waals surface area (Å²) >= 11 is 0. The third-order valence-corrected chi connectivity index (χ3v) is 2.93. The van der Waals surface area contributed by atoms with Gasteiger partial charge in [0.25, 0.3) is 0 Å². The van der Waals surface area contributed by atoms with E-state index in [1.54, 1.807) is 0 Å². The Bertz CT molecular complexity index is 279. The number of carbonyl (C=O) groups excluding carboxylic acids is 1. The van der Waals surface area contributed by atoms with Crippen LogP contribution >= 0.6 is 0 Å².